The normalized spacial score (nSPS) is 10.4. The van der Waals surface area contributed by atoms with Crippen LogP contribution >= 0.6 is 0 Å². The molecule has 0 fully saturated rings. The van der Waals surface area contributed by atoms with Crippen LogP contribution in [0.4, 0.5) is 0 Å². The highest BCUT2D eigenvalue weighted by Crippen LogP contribution is 2.19. The molecule has 3 aromatic rings. The van der Waals surface area contributed by atoms with Crippen LogP contribution in [0.2, 0.25) is 0 Å². The van der Waals surface area contributed by atoms with E-state index in [-0.39, 0.29) is 0 Å². The number of aryl methyl sites for hydroxylation is 1. The van der Waals surface area contributed by atoms with Crippen molar-refractivity contribution < 1.29 is 14.2 Å². The summed E-state index contributed by atoms with van der Waals surface area (Å²) in [6.45, 7) is 4.03. The van der Waals surface area contributed by atoms with Crippen LogP contribution < -0.4 is 14.2 Å². The second-order valence-corrected chi connectivity index (χ2v) is 6.46. The first-order valence-electron chi connectivity index (χ1n) is 9.39. The average molecular weight is 362 g/mol. The summed E-state index contributed by atoms with van der Waals surface area (Å²) >= 11 is 0. The first-order valence-corrected chi connectivity index (χ1v) is 9.39. The Morgan fingerprint density at radius 3 is 1.59 bits per heavy atom. The number of hydrogen-bond acceptors (Lipinski definition) is 3. The summed E-state index contributed by atoms with van der Waals surface area (Å²) in [5.41, 5.74) is 2.40. The Kier molecular flexibility index (Phi) is 7.16. The Morgan fingerprint density at radius 1 is 0.556 bits per heavy atom. The van der Waals surface area contributed by atoms with Gasteiger partial charge in [-0.15, -0.1) is 0 Å². The van der Waals surface area contributed by atoms with Crippen molar-refractivity contribution in [3.63, 3.8) is 0 Å². The van der Waals surface area contributed by atoms with Gasteiger partial charge in [-0.2, -0.15) is 0 Å². The third kappa shape index (κ3) is 6.70. The van der Waals surface area contributed by atoms with Crippen LogP contribution in [0.15, 0.2) is 78.9 Å². The molecule has 0 aliphatic rings. The smallest absolute Gasteiger partial charge is 0.120 e. The largest absolute Gasteiger partial charge is 0.494 e. The predicted octanol–water partition coefficient (Wildman–Crippen LogP) is 5.81. The standard InChI is InChI=1S/C24H26O3/c1-20-9-11-22(12-10-20)25-17-5-6-18-26-23-13-15-24(16-14-23)27-19-21-7-3-2-4-8-21/h2-4,7-16H,5-6,17-19H2,1H3. The molecule has 3 heteroatoms. The zero-order chi connectivity index (χ0) is 18.7. The predicted molar refractivity (Wildman–Crippen MR) is 109 cm³/mol. The molecule has 0 N–H and O–H groups in total. The Morgan fingerprint density at radius 2 is 1.04 bits per heavy atom. The van der Waals surface area contributed by atoms with Gasteiger partial charge in [0.15, 0.2) is 0 Å². The van der Waals surface area contributed by atoms with Gasteiger partial charge in [0.2, 0.25) is 0 Å². The van der Waals surface area contributed by atoms with Gasteiger partial charge in [-0.1, -0.05) is 48.0 Å². The Bertz CT molecular complexity index is 780. The molecule has 3 aromatic carbocycles. The lowest BCUT2D eigenvalue weighted by Gasteiger charge is -2.09. The van der Waals surface area contributed by atoms with Gasteiger partial charge in [0, 0.05) is 0 Å². The van der Waals surface area contributed by atoms with Crippen molar-refractivity contribution in [2.24, 2.45) is 0 Å². The summed E-state index contributed by atoms with van der Waals surface area (Å²) in [7, 11) is 0. The van der Waals surface area contributed by atoms with Gasteiger partial charge in [0.1, 0.15) is 23.9 Å². The van der Waals surface area contributed by atoms with E-state index in [1.54, 1.807) is 0 Å². The molecule has 0 bridgehead atoms. The summed E-state index contributed by atoms with van der Waals surface area (Å²) in [6, 6.07) is 26.1. The fraction of sp³-hybridized carbons (Fsp3) is 0.250. The van der Waals surface area contributed by atoms with Crippen molar-refractivity contribution in [1.29, 1.82) is 0 Å². The summed E-state index contributed by atoms with van der Waals surface area (Å²) < 4.78 is 17.3. The molecule has 3 nitrogen and oxygen atoms in total. The van der Waals surface area contributed by atoms with E-state index >= 15 is 0 Å². The van der Waals surface area contributed by atoms with Crippen molar-refractivity contribution in [1.82, 2.24) is 0 Å². The van der Waals surface area contributed by atoms with Gasteiger partial charge in [-0.05, 0) is 61.7 Å². The molecule has 0 unspecified atom stereocenters. The zero-order valence-electron chi connectivity index (χ0n) is 15.8. The molecule has 0 aliphatic carbocycles. The van der Waals surface area contributed by atoms with Crippen LogP contribution in [0.1, 0.15) is 24.0 Å². The van der Waals surface area contributed by atoms with Crippen molar-refractivity contribution >= 4 is 0 Å². The highest BCUT2D eigenvalue weighted by Gasteiger charge is 1.99. The van der Waals surface area contributed by atoms with E-state index < -0.39 is 0 Å². The third-order valence-electron chi connectivity index (χ3n) is 4.17. The monoisotopic (exact) mass is 362 g/mol. The van der Waals surface area contributed by atoms with E-state index in [1.165, 1.54) is 5.56 Å². The van der Waals surface area contributed by atoms with E-state index in [1.807, 2.05) is 54.6 Å². The Labute approximate surface area is 161 Å². The van der Waals surface area contributed by atoms with Gasteiger partial charge in [0.05, 0.1) is 13.2 Å². The lowest BCUT2D eigenvalue weighted by molar-refractivity contribution is 0.265. The van der Waals surface area contributed by atoms with E-state index in [4.69, 9.17) is 14.2 Å². The average Bonchev–Trinajstić information content (AvgIpc) is 2.72. The Balaban J connectivity index is 1.30. The summed E-state index contributed by atoms with van der Waals surface area (Å²) in [6.07, 6.45) is 1.92. The minimum atomic E-state index is 0.571. The van der Waals surface area contributed by atoms with Gasteiger partial charge in [-0.25, -0.2) is 0 Å². The molecule has 140 valence electrons. The van der Waals surface area contributed by atoms with E-state index in [0.717, 1.165) is 35.7 Å². The van der Waals surface area contributed by atoms with E-state index in [0.29, 0.717) is 19.8 Å². The molecule has 0 aliphatic heterocycles. The van der Waals surface area contributed by atoms with Gasteiger partial charge in [-0.3, -0.25) is 0 Å². The molecule has 0 aromatic heterocycles. The molecule has 0 atom stereocenters. The zero-order valence-corrected chi connectivity index (χ0v) is 15.8. The van der Waals surface area contributed by atoms with Crippen LogP contribution in [0.3, 0.4) is 0 Å². The maximum absolute atomic E-state index is 5.78. The van der Waals surface area contributed by atoms with Gasteiger partial charge >= 0.3 is 0 Å². The lowest BCUT2D eigenvalue weighted by atomic mass is 10.2. The number of benzene rings is 3. The van der Waals surface area contributed by atoms with Crippen LogP contribution in [0, 0.1) is 6.92 Å². The molecular formula is C24H26O3. The molecular weight excluding hydrogens is 336 g/mol. The fourth-order valence-electron chi connectivity index (χ4n) is 2.59. The van der Waals surface area contributed by atoms with Crippen molar-refractivity contribution in [2.75, 3.05) is 13.2 Å². The van der Waals surface area contributed by atoms with Gasteiger partial charge < -0.3 is 14.2 Å². The summed E-state index contributed by atoms with van der Waals surface area (Å²) in [4.78, 5) is 0. The molecule has 27 heavy (non-hydrogen) atoms. The van der Waals surface area contributed by atoms with Crippen molar-refractivity contribution in [3.8, 4) is 17.2 Å². The Hall–Kier alpha value is -2.94. The number of rotatable bonds is 10. The van der Waals surface area contributed by atoms with Crippen LogP contribution in [0.25, 0.3) is 0 Å². The molecule has 0 saturated carbocycles. The number of ether oxygens (including phenoxy) is 3. The molecule has 0 spiro atoms. The maximum atomic E-state index is 5.78. The molecule has 0 amide bonds. The first kappa shape index (κ1) is 18.8. The molecule has 3 rings (SSSR count). The second-order valence-electron chi connectivity index (χ2n) is 6.46. The number of unbranched alkanes of at least 4 members (excludes halogenated alkanes) is 1. The highest BCUT2D eigenvalue weighted by molar-refractivity contribution is 5.31. The molecule has 0 saturated heterocycles. The minimum absolute atomic E-state index is 0.571. The minimum Gasteiger partial charge on any atom is -0.494 e. The van der Waals surface area contributed by atoms with Crippen molar-refractivity contribution in [2.45, 2.75) is 26.4 Å². The quantitative estimate of drug-likeness (QED) is 0.426. The lowest BCUT2D eigenvalue weighted by Crippen LogP contribution is -2.02. The highest BCUT2D eigenvalue weighted by atomic mass is 16.5. The fourth-order valence-corrected chi connectivity index (χ4v) is 2.59. The van der Waals surface area contributed by atoms with Crippen LogP contribution in [0.5, 0.6) is 17.2 Å². The first-order chi connectivity index (χ1) is 13.3. The number of hydrogen-bond donors (Lipinski definition) is 0. The maximum Gasteiger partial charge on any atom is 0.120 e. The summed E-state index contributed by atoms with van der Waals surface area (Å²) in [5.74, 6) is 2.63. The van der Waals surface area contributed by atoms with E-state index in [9.17, 15) is 0 Å². The SMILES string of the molecule is Cc1ccc(OCCCCOc2ccc(OCc3ccccc3)cc2)cc1. The third-order valence-corrected chi connectivity index (χ3v) is 4.17. The summed E-state index contributed by atoms with van der Waals surface area (Å²) in [5, 5.41) is 0. The van der Waals surface area contributed by atoms with E-state index in [2.05, 4.69) is 31.2 Å². The van der Waals surface area contributed by atoms with Crippen molar-refractivity contribution in [3.05, 3.63) is 90.0 Å². The van der Waals surface area contributed by atoms with Crippen LogP contribution in [-0.4, -0.2) is 13.2 Å². The molecule has 0 radical (unpaired) electrons. The van der Waals surface area contributed by atoms with Gasteiger partial charge in [0.25, 0.3) is 0 Å². The van der Waals surface area contributed by atoms with Crippen LogP contribution in [-0.2, 0) is 6.61 Å². The molecule has 0 heterocycles. The second kappa shape index (κ2) is 10.3. The topological polar surface area (TPSA) is 27.7 Å².